The van der Waals surface area contributed by atoms with E-state index < -0.39 is 23.4 Å². The SMILES string of the molecule is O=C(Nc1c[nH]c2cc(F)c(F)cc12)c1cc(-c2cnc(N3CCC4(CC3)CC4)c(F)c2)on1. The van der Waals surface area contributed by atoms with Crippen molar-refractivity contribution in [3.8, 4) is 11.3 Å². The largest absolute Gasteiger partial charge is 0.359 e. The van der Waals surface area contributed by atoms with Gasteiger partial charge in [0.1, 0.15) is 0 Å². The van der Waals surface area contributed by atoms with E-state index in [4.69, 9.17) is 4.52 Å². The van der Waals surface area contributed by atoms with Gasteiger partial charge < -0.3 is 19.7 Å². The summed E-state index contributed by atoms with van der Waals surface area (Å²) in [6, 6.07) is 4.70. The van der Waals surface area contributed by atoms with Gasteiger partial charge in [0.05, 0.1) is 11.2 Å². The topological polar surface area (TPSA) is 87.0 Å². The van der Waals surface area contributed by atoms with E-state index in [1.807, 2.05) is 4.90 Å². The van der Waals surface area contributed by atoms with Crippen LogP contribution in [0, 0.1) is 22.9 Å². The Morgan fingerprint density at radius 3 is 2.53 bits per heavy atom. The molecule has 174 valence electrons. The number of nitrogens with one attached hydrogen (secondary N) is 2. The standard InChI is InChI=1S/C24H20F3N5O2/c25-15-8-14-18(9-16(15)26)28-12-20(14)30-23(33)19-10-21(34-31-19)13-7-17(27)22(29-11-13)32-5-3-24(1-2-24)4-6-32/h7-12,28H,1-6H2,(H,30,33). The molecule has 2 N–H and O–H groups in total. The zero-order valence-corrected chi connectivity index (χ0v) is 18.0. The van der Waals surface area contributed by atoms with Crippen molar-refractivity contribution in [1.82, 2.24) is 15.1 Å². The number of rotatable bonds is 4. The Labute approximate surface area is 191 Å². The predicted molar refractivity (Wildman–Crippen MR) is 119 cm³/mol. The summed E-state index contributed by atoms with van der Waals surface area (Å²) in [7, 11) is 0. The number of hydrogen-bond donors (Lipinski definition) is 2. The van der Waals surface area contributed by atoms with Gasteiger partial charge in [0, 0.05) is 48.6 Å². The zero-order chi connectivity index (χ0) is 23.4. The van der Waals surface area contributed by atoms with Crippen LogP contribution in [-0.4, -0.2) is 34.1 Å². The summed E-state index contributed by atoms with van der Waals surface area (Å²) in [6.07, 6.45) is 7.59. The number of nitrogens with zero attached hydrogens (tertiary/aromatic N) is 3. The molecule has 0 unspecified atom stereocenters. The molecule has 1 saturated carbocycles. The molecule has 6 rings (SSSR count). The van der Waals surface area contributed by atoms with Crippen LogP contribution in [0.25, 0.3) is 22.2 Å². The van der Waals surface area contributed by atoms with Gasteiger partial charge in [0.25, 0.3) is 5.91 Å². The first kappa shape index (κ1) is 20.8. The van der Waals surface area contributed by atoms with Gasteiger partial charge in [-0.05, 0) is 43.2 Å². The normalized spacial score (nSPS) is 16.9. The van der Waals surface area contributed by atoms with Crippen molar-refractivity contribution < 1.29 is 22.5 Å². The second-order valence-electron chi connectivity index (χ2n) is 9.06. The van der Waals surface area contributed by atoms with Crippen LogP contribution in [-0.2, 0) is 0 Å². The molecule has 1 aliphatic heterocycles. The molecule has 1 amide bonds. The summed E-state index contributed by atoms with van der Waals surface area (Å²) >= 11 is 0. The number of piperidine rings is 1. The fraction of sp³-hybridized carbons (Fsp3) is 0.292. The lowest BCUT2D eigenvalue weighted by atomic mass is 9.94. The van der Waals surface area contributed by atoms with E-state index in [0.29, 0.717) is 27.7 Å². The number of fused-ring (bicyclic) bond motifs is 1. The van der Waals surface area contributed by atoms with Crippen LogP contribution in [0.15, 0.2) is 41.2 Å². The maximum absolute atomic E-state index is 14.8. The minimum absolute atomic E-state index is 0.0535. The molecule has 1 spiro atoms. The van der Waals surface area contributed by atoms with Gasteiger partial charge in [-0.25, -0.2) is 18.2 Å². The highest BCUT2D eigenvalue weighted by molar-refractivity contribution is 6.08. The Kier molecular flexibility index (Phi) is 4.65. The summed E-state index contributed by atoms with van der Waals surface area (Å²) < 4.78 is 47.1. The molecule has 4 aromatic rings. The van der Waals surface area contributed by atoms with E-state index in [9.17, 15) is 18.0 Å². The second-order valence-corrected chi connectivity index (χ2v) is 9.06. The molecule has 34 heavy (non-hydrogen) atoms. The maximum Gasteiger partial charge on any atom is 0.277 e. The lowest BCUT2D eigenvalue weighted by Gasteiger charge is -2.33. The summed E-state index contributed by atoms with van der Waals surface area (Å²) in [5, 5.41) is 6.66. The number of amides is 1. The van der Waals surface area contributed by atoms with E-state index in [-0.39, 0.29) is 17.1 Å². The van der Waals surface area contributed by atoms with E-state index >= 15 is 0 Å². The van der Waals surface area contributed by atoms with Gasteiger partial charge >= 0.3 is 0 Å². The Balaban J connectivity index is 1.18. The minimum Gasteiger partial charge on any atom is -0.359 e. The second kappa shape index (κ2) is 7.61. The average Bonchev–Trinajstić information content (AvgIpc) is 3.22. The molecular weight excluding hydrogens is 447 g/mol. The van der Waals surface area contributed by atoms with Crippen molar-refractivity contribution in [3.63, 3.8) is 0 Å². The molecule has 1 aromatic carbocycles. The molecule has 1 aliphatic carbocycles. The first-order chi connectivity index (χ1) is 16.4. The number of H-pyrrole nitrogens is 1. The fourth-order valence-corrected chi connectivity index (χ4v) is 4.59. The number of benzene rings is 1. The van der Waals surface area contributed by atoms with E-state index in [1.165, 1.54) is 37.4 Å². The Morgan fingerprint density at radius 2 is 1.79 bits per heavy atom. The van der Waals surface area contributed by atoms with Gasteiger partial charge in [-0.2, -0.15) is 0 Å². The molecule has 0 radical (unpaired) electrons. The van der Waals surface area contributed by atoms with Crippen LogP contribution < -0.4 is 10.2 Å². The van der Waals surface area contributed by atoms with E-state index in [0.717, 1.165) is 38.1 Å². The smallest absolute Gasteiger partial charge is 0.277 e. The predicted octanol–water partition coefficient (Wildman–Crippen LogP) is 5.27. The Hall–Kier alpha value is -3.82. The third-order valence-corrected chi connectivity index (χ3v) is 6.90. The van der Waals surface area contributed by atoms with Crippen LogP contribution in [0.5, 0.6) is 0 Å². The van der Waals surface area contributed by atoms with E-state index in [1.54, 1.807) is 0 Å². The van der Waals surface area contributed by atoms with Gasteiger partial charge in [0.2, 0.25) is 0 Å². The van der Waals surface area contributed by atoms with Crippen LogP contribution in [0.1, 0.15) is 36.2 Å². The number of hydrogen-bond acceptors (Lipinski definition) is 5. The summed E-state index contributed by atoms with van der Waals surface area (Å²) in [5.41, 5.74) is 1.38. The molecule has 2 fully saturated rings. The molecule has 1 saturated heterocycles. The lowest BCUT2D eigenvalue weighted by Crippen LogP contribution is -2.35. The lowest BCUT2D eigenvalue weighted by molar-refractivity contribution is 0.101. The monoisotopic (exact) mass is 467 g/mol. The number of pyridine rings is 1. The van der Waals surface area contributed by atoms with Crippen LogP contribution in [0.3, 0.4) is 0 Å². The molecule has 3 aromatic heterocycles. The highest BCUT2D eigenvalue weighted by Gasteiger charge is 2.44. The van der Waals surface area contributed by atoms with Crippen molar-refractivity contribution in [2.75, 3.05) is 23.3 Å². The molecule has 10 heteroatoms. The minimum atomic E-state index is -1.03. The summed E-state index contributed by atoms with van der Waals surface area (Å²) in [6.45, 7) is 1.58. The van der Waals surface area contributed by atoms with Gasteiger partial charge in [-0.3, -0.25) is 4.79 Å². The first-order valence-corrected chi connectivity index (χ1v) is 11.1. The Morgan fingerprint density at radius 1 is 1.03 bits per heavy atom. The molecule has 0 bridgehead atoms. The third kappa shape index (κ3) is 3.59. The molecule has 2 aliphatic rings. The van der Waals surface area contributed by atoms with Crippen molar-refractivity contribution in [2.24, 2.45) is 5.41 Å². The van der Waals surface area contributed by atoms with Crippen molar-refractivity contribution in [3.05, 3.63) is 59.8 Å². The highest BCUT2D eigenvalue weighted by Crippen LogP contribution is 2.53. The average molecular weight is 467 g/mol. The number of aromatic amines is 1. The third-order valence-electron chi connectivity index (χ3n) is 6.90. The number of aromatic nitrogens is 3. The number of carbonyl (C=O) groups excluding carboxylic acids is 1. The quantitative estimate of drug-likeness (QED) is 0.427. The van der Waals surface area contributed by atoms with E-state index in [2.05, 4.69) is 20.4 Å². The van der Waals surface area contributed by atoms with Crippen molar-refractivity contribution in [1.29, 1.82) is 0 Å². The summed E-state index contributed by atoms with van der Waals surface area (Å²) in [4.78, 5) is 21.7. The summed E-state index contributed by atoms with van der Waals surface area (Å²) in [5.74, 6) is -2.59. The van der Waals surface area contributed by atoms with Crippen LogP contribution in [0.4, 0.5) is 24.7 Å². The fourth-order valence-electron chi connectivity index (χ4n) is 4.59. The van der Waals surface area contributed by atoms with Crippen molar-refractivity contribution in [2.45, 2.75) is 25.7 Å². The van der Waals surface area contributed by atoms with Crippen molar-refractivity contribution >= 4 is 28.3 Å². The number of halogens is 3. The van der Waals surface area contributed by atoms with Crippen LogP contribution >= 0.6 is 0 Å². The van der Waals surface area contributed by atoms with Crippen LogP contribution in [0.2, 0.25) is 0 Å². The highest BCUT2D eigenvalue weighted by atomic mass is 19.2. The number of anilines is 2. The van der Waals surface area contributed by atoms with Gasteiger partial charge in [0.15, 0.2) is 34.7 Å². The molecule has 7 nitrogen and oxygen atoms in total. The maximum atomic E-state index is 14.8. The first-order valence-electron chi connectivity index (χ1n) is 11.1. The van der Waals surface area contributed by atoms with Gasteiger partial charge in [-0.15, -0.1) is 0 Å². The molecule has 4 heterocycles. The van der Waals surface area contributed by atoms with Gasteiger partial charge in [-0.1, -0.05) is 5.16 Å². The molecular formula is C24H20F3N5O2. The Bertz CT molecular complexity index is 1420. The zero-order valence-electron chi connectivity index (χ0n) is 18.0. The number of carbonyl (C=O) groups is 1. The molecule has 0 atom stereocenters.